The number of hydrogen-bond donors (Lipinski definition) is 5. The Kier molecular flexibility index (Phi) is 8.72. The summed E-state index contributed by atoms with van der Waals surface area (Å²) in [4.78, 5) is 49.5. The fraction of sp³-hybridized carbons (Fsp3) is 0.304. The molecule has 3 heterocycles. The molecule has 13 heteroatoms. The third kappa shape index (κ3) is 6.43. The van der Waals surface area contributed by atoms with Crippen LogP contribution in [0.1, 0.15) is 37.9 Å². The molecule has 0 atom stereocenters. The number of hydrogen-bond acceptors (Lipinski definition) is 5. The van der Waals surface area contributed by atoms with Crippen LogP contribution in [0, 0.1) is 0 Å². The maximum atomic E-state index is 12.9. The molecular formula is C23H29BrN8O4. The summed E-state index contributed by atoms with van der Waals surface area (Å²) in [7, 11) is 5.08. The maximum Gasteiger partial charge on any atom is 0.272 e. The number of rotatable bonds is 10. The normalized spacial score (nSPS) is 10.7. The monoisotopic (exact) mass is 560 g/mol. The molecule has 3 aromatic rings. The van der Waals surface area contributed by atoms with Gasteiger partial charge >= 0.3 is 0 Å². The van der Waals surface area contributed by atoms with Gasteiger partial charge in [0.05, 0.1) is 22.4 Å². The molecule has 192 valence electrons. The molecular weight excluding hydrogens is 532 g/mol. The Bertz CT molecular complexity index is 1290. The third-order valence-electron chi connectivity index (χ3n) is 5.30. The summed E-state index contributed by atoms with van der Waals surface area (Å²) in [6.07, 6.45) is 5.56. The molecule has 0 fully saturated rings. The molecule has 3 aromatic heterocycles. The standard InChI is InChI=1S/C23H29BrN8O4/c1-30-12-15(8-17(30)21(34)26-6-4-5-25)28-23(36)19-9-16(13-32(19)3)29-22(35)18-7-14(11-31(18)2)27-20(33)10-24/h7-9,11-13H,4-6,10,25H2,1-3H3,(H,26,34)(H,27,33)(H,28,36)(H,29,35). The highest BCUT2D eigenvalue weighted by atomic mass is 79.9. The molecule has 0 saturated carbocycles. The molecule has 0 radical (unpaired) electrons. The van der Waals surface area contributed by atoms with Gasteiger partial charge in [-0.1, -0.05) is 15.9 Å². The first-order chi connectivity index (χ1) is 17.1. The van der Waals surface area contributed by atoms with Crippen molar-refractivity contribution in [1.82, 2.24) is 19.0 Å². The Morgan fingerprint density at radius 1 is 0.750 bits per heavy atom. The van der Waals surface area contributed by atoms with E-state index in [0.717, 1.165) is 0 Å². The van der Waals surface area contributed by atoms with E-state index in [1.54, 1.807) is 71.6 Å². The lowest BCUT2D eigenvalue weighted by molar-refractivity contribution is -0.113. The predicted molar refractivity (Wildman–Crippen MR) is 141 cm³/mol. The second-order valence-corrected chi connectivity index (χ2v) is 8.72. The van der Waals surface area contributed by atoms with Crippen LogP contribution in [0.25, 0.3) is 0 Å². The van der Waals surface area contributed by atoms with E-state index in [-0.39, 0.29) is 17.1 Å². The Morgan fingerprint density at radius 2 is 1.17 bits per heavy atom. The van der Waals surface area contributed by atoms with E-state index < -0.39 is 11.8 Å². The smallest absolute Gasteiger partial charge is 0.272 e. The number of nitrogens with two attached hydrogens (primary N) is 1. The van der Waals surface area contributed by atoms with Crippen molar-refractivity contribution in [3.63, 3.8) is 0 Å². The average Bonchev–Trinajstić information content (AvgIpc) is 3.49. The van der Waals surface area contributed by atoms with Crippen LogP contribution >= 0.6 is 15.9 Å². The minimum atomic E-state index is -0.405. The molecule has 0 saturated heterocycles. The molecule has 6 N–H and O–H groups in total. The van der Waals surface area contributed by atoms with E-state index in [0.29, 0.717) is 53.7 Å². The highest BCUT2D eigenvalue weighted by Crippen LogP contribution is 2.19. The third-order valence-corrected chi connectivity index (χ3v) is 5.81. The van der Waals surface area contributed by atoms with Gasteiger partial charge in [0.25, 0.3) is 17.7 Å². The highest BCUT2D eigenvalue weighted by Gasteiger charge is 2.18. The van der Waals surface area contributed by atoms with Crippen molar-refractivity contribution in [3.05, 3.63) is 53.9 Å². The van der Waals surface area contributed by atoms with E-state index in [4.69, 9.17) is 5.73 Å². The topological polar surface area (TPSA) is 157 Å². The first-order valence-corrected chi connectivity index (χ1v) is 12.2. The number of nitrogens with one attached hydrogen (secondary N) is 4. The SMILES string of the molecule is Cn1cc(NC(=O)c2cc(NC(=O)c3cc(NC(=O)CBr)cn3C)cn2C)cc1C(=O)NCCCN. The van der Waals surface area contributed by atoms with Crippen LogP contribution in [-0.2, 0) is 25.9 Å². The summed E-state index contributed by atoms with van der Waals surface area (Å²) in [5.41, 5.74) is 7.86. The fourth-order valence-corrected chi connectivity index (χ4v) is 3.70. The van der Waals surface area contributed by atoms with Crippen molar-refractivity contribution in [3.8, 4) is 0 Å². The van der Waals surface area contributed by atoms with Crippen molar-refractivity contribution >= 4 is 56.6 Å². The van der Waals surface area contributed by atoms with Gasteiger partial charge in [0, 0.05) is 46.3 Å². The van der Waals surface area contributed by atoms with Gasteiger partial charge in [-0.2, -0.15) is 0 Å². The van der Waals surface area contributed by atoms with E-state index in [9.17, 15) is 19.2 Å². The quantitative estimate of drug-likeness (QED) is 0.188. The zero-order chi connectivity index (χ0) is 26.4. The predicted octanol–water partition coefficient (Wildman–Crippen LogP) is 1.62. The molecule has 0 aliphatic carbocycles. The number of aromatic nitrogens is 3. The van der Waals surface area contributed by atoms with Crippen LogP contribution in [0.15, 0.2) is 36.8 Å². The number of carbonyl (C=O) groups excluding carboxylic acids is 4. The van der Waals surface area contributed by atoms with Crippen LogP contribution in [0.2, 0.25) is 0 Å². The number of anilines is 3. The maximum absolute atomic E-state index is 12.9. The molecule has 12 nitrogen and oxygen atoms in total. The lowest BCUT2D eigenvalue weighted by atomic mass is 10.3. The molecule has 0 aromatic carbocycles. The minimum Gasteiger partial charge on any atom is -0.351 e. The first kappa shape index (κ1) is 26.8. The van der Waals surface area contributed by atoms with E-state index in [2.05, 4.69) is 37.2 Å². The summed E-state index contributed by atoms with van der Waals surface area (Å²) in [5.74, 6) is -1.30. The number of halogens is 1. The summed E-state index contributed by atoms with van der Waals surface area (Å²) in [5, 5.41) is 11.1. The highest BCUT2D eigenvalue weighted by molar-refractivity contribution is 9.09. The van der Waals surface area contributed by atoms with Gasteiger partial charge in [0.2, 0.25) is 5.91 Å². The summed E-state index contributed by atoms with van der Waals surface area (Å²) >= 11 is 3.08. The van der Waals surface area contributed by atoms with Crippen molar-refractivity contribution in [1.29, 1.82) is 0 Å². The number of nitrogens with zero attached hydrogens (tertiary/aromatic N) is 3. The lowest BCUT2D eigenvalue weighted by Gasteiger charge is -2.04. The second kappa shape index (κ2) is 11.7. The van der Waals surface area contributed by atoms with E-state index in [1.165, 1.54) is 0 Å². The minimum absolute atomic E-state index is 0.143. The van der Waals surface area contributed by atoms with Crippen molar-refractivity contribution in [2.75, 3.05) is 34.4 Å². The average molecular weight is 561 g/mol. The van der Waals surface area contributed by atoms with E-state index in [1.807, 2.05) is 0 Å². The van der Waals surface area contributed by atoms with Gasteiger partial charge in [0.1, 0.15) is 17.1 Å². The molecule has 0 spiro atoms. The number of amides is 4. The summed E-state index contributed by atoms with van der Waals surface area (Å²) in [6, 6.07) is 4.70. The molecule has 0 unspecified atom stereocenters. The van der Waals surface area contributed by atoms with Crippen LogP contribution in [-0.4, -0.2) is 55.7 Å². The van der Waals surface area contributed by atoms with Crippen molar-refractivity contribution in [2.45, 2.75) is 6.42 Å². The van der Waals surface area contributed by atoms with Gasteiger partial charge in [0.15, 0.2) is 0 Å². The Hall–Kier alpha value is -3.84. The molecule has 36 heavy (non-hydrogen) atoms. The van der Waals surface area contributed by atoms with Gasteiger partial charge in [-0.25, -0.2) is 0 Å². The fourth-order valence-electron chi connectivity index (χ4n) is 3.56. The van der Waals surface area contributed by atoms with Gasteiger partial charge in [-0.15, -0.1) is 0 Å². The Balaban J connectivity index is 1.67. The van der Waals surface area contributed by atoms with E-state index >= 15 is 0 Å². The zero-order valence-electron chi connectivity index (χ0n) is 20.2. The molecule has 0 bridgehead atoms. The van der Waals surface area contributed by atoms with Crippen LogP contribution in [0.5, 0.6) is 0 Å². The van der Waals surface area contributed by atoms with Crippen molar-refractivity contribution < 1.29 is 19.2 Å². The Labute approximate surface area is 216 Å². The van der Waals surface area contributed by atoms with Crippen LogP contribution < -0.4 is 27.0 Å². The van der Waals surface area contributed by atoms with Crippen LogP contribution in [0.4, 0.5) is 17.1 Å². The molecule has 4 amide bonds. The first-order valence-electron chi connectivity index (χ1n) is 11.1. The number of aryl methyl sites for hydroxylation is 3. The van der Waals surface area contributed by atoms with Crippen molar-refractivity contribution in [2.24, 2.45) is 26.9 Å². The van der Waals surface area contributed by atoms with Gasteiger partial charge in [-0.05, 0) is 31.2 Å². The van der Waals surface area contributed by atoms with Crippen LogP contribution in [0.3, 0.4) is 0 Å². The largest absolute Gasteiger partial charge is 0.351 e. The molecule has 0 aliphatic rings. The molecule has 0 aliphatic heterocycles. The summed E-state index contributed by atoms with van der Waals surface area (Å²) in [6.45, 7) is 0.950. The second-order valence-electron chi connectivity index (χ2n) is 8.16. The molecule has 3 rings (SSSR count). The lowest BCUT2D eigenvalue weighted by Crippen LogP contribution is -2.27. The van der Waals surface area contributed by atoms with Gasteiger partial charge < -0.3 is 40.7 Å². The number of alkyl halides is 1. The number of carbonyl (C=O) groups is 4. The summed E-state index contributed by atoms with van der Waals surface area (Å²) < 4.78 is 4.80. The zero-order valence-corrected chi connectivity index (χ0v) is 21.8. The van der Waals surface area contributed by atoms with Gasteiger partial charge in [-0.3, -0.25) is 19.2 Å². The Morgan fingerprint density at radius 3 is 1.58 bits per heavy atom.